The molecule has 11 nitrogen and oxygen atoms in total. The number of aliphatic hydroxyl groups is 7. The van der Waals surface area contributed by atoms with E-state index in [2.05, 4.69) is 47.8 Å². The molecule has 0 aliphatic carbocycles. The first-order valence-corrected chi connectivity index (χ1v) is 11.9. The summed E-state index contributed by atoms with van der Waals surface area (Å²) >= 11 is 9.99. The van der Waals surface area contributed by atoms with E-state index in [0.717, 1.165) is 4.47 Å². The van der Waals surface area contributed by atoms with Gasteiger partial charge in [0.05, 0.1) is 22.2 Å². The van der Waals surface area contributed by atoms with Crippen molar-refractivity contribution >= 4 is 47.8 Å². The van der Waals surface area contributed by atoms with Crippen molar-refractivity contribution in [3.8, 4) is 5.75 Å². The van der Waals surface area contributed by atoms with Crippen molar-refractivity contribution in [2.45, 2.75) is 61.4 Å². The van der Waals surface area contributed by atoms with Crippen LogP contribution in [0.2, 0.25) is 0 Å². The van der Waals surface area contributed by atoms with Crippen LogP contribution in [0.4, 0.5) is 0 Å². The monoisotopic (exact) mass is 652 g/mol. The highest BCUT2D eigenvalue weighted by Crippen LogP contribution is 2.38. The third kappa shape index (κ3) is 5.64. The van der Waals surface area contributed by atoms with Gasteiger partial charge in [0.1, 0.15) is 48.8 Å². The maximum Gasteiger partial charge on any atom is 0.229 e. The molecule has 2 aliphatic rings. The van der Waals surface area contributed by atoms with E-state index >= 15 is 0 Å². The number of aliphatic hydroxyl groups excluding tert-OH is 7. The second-order valence-electron chi connectivity index (χ2n) is 7.36. The Balaban J connectivity index is 1.69. The van der Waals surface area contributed by atoms with Crippen LogP contribution in [-0.4, -0.2) is 110 Å². The minimum atomic E-state index is -1.65. The van der Waals surface area contributed by atoms with E-state index in [1.54, 1.807) is 12.1 Å². The molecule has 0 amide bonds. The van der Waals surface area contributed by atoms with Crippen molar-refractivity contribution in [3.05, 3.63) is 25.6 Å². The first-order valence-electron chi connectivity index (χ1n) is 9.48. The number of hydrogen-bond acceptors (Lipinski definition) is 11. The van der Waals surface area contributed by atoms with Gasteiger partial charge in [-0.1, -0.05) is 15.9 Å². The fourth-order valence-corrected chi connectivity index (χ4v) is 5.75. The summed E-state index contributed by atoms with van der Waals surface area (Å²) in [5.41, 5.74) is 0. The van der Waals surface area contributed by atoms with Crippen molar-refractivity contribution in [2.24, 2.45) is 0 Å². The molecule has 2 aliphatic heterocycles. The Labute approximate surface area is 207 Å². The van der Waals surface area contributed by atoms with Crippen LogP contribution in [0.25, 0.3) is 0 Å². The molecule has 7 N–H and O–H groups in total. The molecular weight excluding hydrogens is 632 g/mol. The summed E-state index contributed by atoms with van der Waals surface area (Å²) in [6.07, 6.45) is -14.9. The van der Waals surface area contributed by atoms with Crippen LogP contribution in [0.5, 0.6) is 5.75 Å². The van der Waals surface area contributed by atoms with Crippen LogP contribution in [0.1, 0.15) is 0 Å². The summed E-state index contributed by atoms with van der Waals surface area (Å²) in [4.78, 5) is 0. The second-order valence-corrected chi connectivity index (χ2v) is 9.99. The van der Waals surface area contributed by atoms with Crippen LogP contribution in [-0.2, 0) is 14.2 Å². The van der Waals surface area contributed by atoms with Crippen LogP contribution in [0.3, 0.4) is 0 Å². The first kappa shape index (κ1) is 26.7. The molecule has 0 saturated carbocycles. The van der Waals surface area contributed by atoms with Gasteiger partial charge < -0.3 is 54.7 Å². The average molecular weight is 655 g/mol. The first-order chi connectivity index (χ1) is 15.0. The Bertz CT molecular complexity index is 762. The Morgan fingerprint density at radius 1 is 0.719 bits per heavy atom. The molecule has 1 aromatic rings. The molecule has 2 fully saturated rings. The topological polar surface area (TPSA) is 179 Å². The van der Waals surface area contributed by atoms with E-state index in [1.165, 1.54) is 0 Å². The van der Waals surface area contributed by atoms with Crippen molar-refractivity contribution < 1.29 is 54.7 Å². The van der Waals surface area contributed by atoms with E-state index in [0.29, 0.717) is 8.95 Å². The molecule has 0 unspecified atom stereocenters. The lowest BCUT2D eigenvalue weighted by atomic mass is 9.98. The Hall–Kier alpha value is 0.0600. The maximum absolute atomic E-state index is 10.3. The highest BCUT2D eigenvalue weighted by molar-refractivity contribution is 9.11. The van der Waals surface area contributed by atoms with Gasteiger partial charge in [-0.15, -0.1) is 0 Å². The maximum atomic E-state index is 10.3. The lowest BCUT2D eigenvalue weighted by molar-refractivity contribution is -0.323. The molecular formula is C18H23Br3O11. The summed E-state index contributed by atoms with van der Waals surface area (Å²) in [6.45, 7) is -1.08. The molecule has 0 bridgehead atoms. The molecule has 32 heavy (non-hydrogen) atoms. The smallest absolute Gasteiger partial charge is 0.229 e. The lowest BCUT2D eigenvalue weighted by Gasteiger charge is -2.42. The third-order valence-corrected chi connectivity index (χ3v) is 6.77. The van der Waals surface area contributed by atoms with Gasteiger partial charge in [-0.05, 0) is 44.0 Å². The van der Waals surface area contributed by atoms with Gasteiger partial charge in [-0.2, -0.15) is 0 Å². The molecule has 0 spiro atoms. The third-order valence-electron chi connectivity index (χ3n) is 5.14. The molecule has 10 atom stereocenters. The van der Waals surface area contributed by atoms with Gasteiger partial charge in [-0.25, -0.2) is 0 Å². The number of ether oxygens (including phenoxy) is 4. The Kier molecular flexibility index (Phi) is 9.33. The predicted octanol–water partition coefficient (Wildman–Crippen LogP) is -1.02. The van der Waals surface area contributed by atoms with E-state index in [-0.39, 0.29) is 5.75 Å². The van der Waals surface area contributed by atoms with Gasteiger partial charge in [0.25, 0.3) is 0 Å². The number of halogens is 3. The zero-order chi connectivity index (χ0) is 23.7. The van der Waals surface area contributed by atoms with Crippen LogP contribution in [0.15, 0.2) is 25.6 Å². The number of hydrogen-bond donors (Lipinski definition) is 7. The summed E-state index contributed by atoms with van der Waals surface area (Å²) in [5, 5.41) is 69.9. The number of benzene rings is 1. The van der Waals surface area contributed by atoms with Crippen LogP contribution < -0.4 is 4.74 Å². The van der Waals surface area contributed by atoms with E-state index < -0.39 is 74.6 Å². The van der Waals surface area contributed by atoms with Crippen LogP contribution in [0, 0.1) is 0 Å². The molecule has 0 aromatic heterocycles. The largest absolute Gasteiger partial charge is 0.460 e. The van der Waals surface area contributed by atoms with Crippen LogP contribution >= 0.6 is 47.8 Å². The lowest BCUT2D eigenvalue weighted by Crippen LogP contribution is -2.62. The molecule has 0 radical (unpaired) electrons. The zero-order valence-electron chi connectivity index (χ0n) is 16.2. The second kappa shape index (κ2) is 11.2. The molecule has 14 heteroatoms. The molecule has 3 rings (SSSR count). The normalized spacial score (nSPS) is 40.3. The van der Waals surface area contributed by atoms with Crippen molar-refractivity contribution in [3.63, 3.8) is 0 Å². The SMILES string of the molecule is OC[C@H]1O[C@@H](OC[C@H]2O[C@@H](Oc3c(Br)cc(Br)cc3Br)[C@H](O)[C@@H](O)[C@@H]2O)[C@H](O)[C@@H](O)[C@@H]1O. The van der Waals surface area contributed by atoms with E-state index in [4.69, 9.17) is 18.9 Å². The van der Waals surface area contributed by atoms with Gasteiger partial charge in [0.2, 0.25) is 6.29 Å². The molecule has 2 heterocycles. The summed E-state index contributed by atoms with van der Waals surface area (Å²) in [5.74, 6) is 0.273. The fourth-order valence-electron chi connectivity index (χ4n) is 3.30. The van der Waals surface area contributed by atoms with Gasteiger partial charge >= 0.3 is 0 Å². The summed E-state index contributed by atoms with van der Waals surface area (Å²) in [6, 6.07) is 3.39. The van der Waals surface area contributed by atoms with Crippen molar-refractivity contribution in [2.75, 3.05) is 13.2 Å². The molecule has 1 aromatic carbocycles. The Morgan fingerprint density at radius 2 is 1.22 bits per heavy atom. The quantitative estimate of drug-likeness (QED) is 0.200. The fraction of sp³-hybridized carbons (Fsp3) is 0.667. The summed E-state index contributed by atoms with van der Waals surface area (Å²) < 4.78 is 23.7. The van der Waals surface area contributed by atoms with Gasteiger partial charge in [0.15, 0.2) is 12.0 Å². The van der Waals surface area contributed by atoms with Gasteiger partial charge in [-0.3, -0.25) is 0 Å². The zero-order valence-corrected chi connectivity index (χ0v) is 21.0. The molecule has 2 saturated heterocycles. The highest BCUT2D eigenvalue weighted by atomic mass is 79.9. The highest BCUT2D eigenvalue weighted by Gasteiger charge is 2.48. The minimum Gasteiger partial charge on any atom is -0.460 e. The van der Waals surface area contributed by atoms with Gasteiger partial charge in [0, 0.05) is 4.47 Å². The summed E-state index contributed by atoms with van der Waals surface area (Å²) in [7, 11) is 0. The van der Waals surface area contributed by atoms with Crippen molar-refractivity contribution in [1.29, 1.82) is 0 Å². The Morgan fingerprint density at radius 3 is 1.78 bits per heavy atom. The minimum absolute atomic E-state index is 0.273. The van der Waals surface area contributed by atoms with E-state index in [9.17, 15) is 35.7 Å². The standard InChI is InChI=1S/C18H23Br3O11/c19-5-1-6(20)16(7(21)2-5)32-18-15(28)13(26)11(24)9(31-18)4-29-17-14(27)12(25)10(23)8(3-22)30-17/h1-2,8-15,17-18,22-28H,3-4H2/t8-,9-,10-,11-,12+,13+,14-,15-,17-,18+/m1/s1. The predicted molar refractivity (Wildman–Crippen MR) is 117 cm³/mol. The van der Waals surface area contributed by atoms with Crippen molar-refractivity contribution in [1.82, 2.24) is 0 Å². The average Bonchev–Trinajstić information content (AvgIpc) is 2.74. The molecule has 182 valence electrons. The van der Waals surface area contributed by atoms with E-state index in [1.807, 2.05) is 0 Å². The number of rotatable bonds is 6.